The Labute approximate surface area is 125 Å². The van der Waals surface area contributed by atoms with Crippen molar-refractivity contribution in [1.29, 1.82) is 0 Å². The standard InChI is InChI=1S/C13H23IN2OSi/c1-13(2,3)18(4,5)17-12-6-11(7-12)16-9-10(14)8-15-16/h8-9,11-12H,6-7H2,1-5H3. The van der Waals surface area contributed by atoms with Crippen molar-refractivity contribution in [1.82, 2.24) is 9.78 Å². The highest BCUT2D eigenvalue weighted by molar-refractivity contribution is 14.1. The van der Waals surface area contributed by atoms with Gasteiger partial charge in [-0.15, -0.1) is 0 Å². The summed E-state index contributed by atoms with van der Waals surface area (Å²) in [6.07, 6.45) is 6.71. The summed E-state index contributed by atoms with van der Waals surface area (Å²) in [4.78, 5) is 0. The summed E-state index contributed by atoms with van der Waals surface area (Å²) in [7, 11) is -1.59. The number of hydrogen-bond donors (Lipinski definition) is 0. The van der Waals surface area contributed by atoms with E-state index in [9.17, 15) is 0 Å². The maximum absolute atomic E-state index is 6.39. The molecule has 0 saturated heterocycles. The molecule has 18 heavy (non-hydrogen) atoms. The summed E-state index contributed by atoms with van der Waals surface area (Å²) in [5, 5.41) is 4.69. The fourth-order valence-electron chi connectivity index (χ4n) is 1.96. The van der Waals surface area contributed by atoms with E-state index >= 15 is 0 Å². The lowest BCUT2D eigenvalue weighted by atomic mass is 9.90. The lowest BCUT2D eigenvalue weighted by Crippen LogP contribution is -2.47. The van der Waals surface area contributed by atoms with E-state index < -0.39 is 8.32 Å². The second-order valence-corrected chi connectivity index (χ2v) is 12.8. The zero-order valence-corrected chi connectivity index (χ0v) is 15.1. The molecule has 0 aromatic carbocycles. The molecular weight excluding hydrogens is 355 g/mol. The van der Waals surface area contributed by atoms with Gasteiger partial charge in [-0.1, -0.05) is 20.8 Å². The zero-order chi connectivity index (χ0) is 13.6. The van der Waals surface area contributed by atoms with E-state index in [1.54, 1.807) is 0 Å². The molecule has 0 amide bonds. The topological polar surface area (TPSA) is 27.1 Å². The molecule has 5 heteroatoms. The van der Waals surface area contributed by atoms with Gasteiger partial charge in [0.2, 0.25) is 0 Å². The molecule has 0 atom stereocenters. The molecule has 1 aliphatic rings. The van der Waals surface area contributed by atoms with Gasteiger partial charge >= 0.3 is 0 Å². The van der Waals surface area contributed by atoms with E-state index in [-0.39, 0.29) is 0 Å². The molecule has 3 nitrogen and oxygen atoms in total. The Morgan fingerprint density at radius 3 is 2.44 bits per heavy atom. The van der Waals surface area contributed by atoms with Crippen molar-refractivity contribution in [3.63, 3.8) is 0 Å². The van der Waals surface area contributed by atoms with Gasteiger partial charge in [-0.25, -0.2) is 0 Å². The third-order valence-electron chi connectivity index (χ3n) is 4.28. The minimum absolute atomic E-state index is 0.305. The molecule has 0 unspecified atom stereocenters. The Balaban J connectivity index is 1.87. The second-order valence-electron chi connectivity index (χ2n) is 6.76. The van der Waals surface area contributed by atoms with Crippen LogP contribution in [0.5, 0.6) is 0 Å². The van der Waals surface area contributed by atoms with Gasteiger partial charge in [0, 0.05) is 12.3 Å². The molecule has 0 radical (unpaired) electrons. The molecule has 0 bridgehead atoms. The molecule has 2 rings (SSSR count). The minimum atomic E-state index is -1.59. The van der Waals surface area contributed by atoms with Crippen molar-refractivity contribution in [3.05, 3.63) is 16.0 Å². The minimum Gasteiger partial charge on any atom is -0.414 e. The number of nitrogens with zero attached hydrogens (tertiary/aromatic N) is 2. The third kappa shape index (κ3) is 2.99. The van der Waals surface area contributed by atoms with Crippen LogP contribution < -0.4 is 0 Å². The Kier molecular flexibility index (Phi) is 3.96. The maximum Gasteiger partial charge on any atom is 0.192 e. The maximum atomic E-state index is 6.39. The summed E-state index contributed by atoms with van der Waals surface area (Å²) < 4.78 is 9.69. The smallest absolute Gasteiger partial charge is 0.192 e. The van der Waals surface area contributed by atoms with Crippen LogP contribution in [0.4, 0.5) is 0 Å². The number of rotatable bonds is 3. The van der Waals surface area contributed by atoms with Gasteiger partial charge in [-0.2, -0.15) is 5.10 Å². The van der Waals surface area contributed by atoms with E-state index in [2.05, 4.69) is 72.4 Å². The van der Waals surface area contributed by atoms with Crippen molar-refractivity contribution >= 4 is 30.9 Å². The summed E-state index contributed by atoms with van der Waals surface area (Å²) in [5.74, 6) is 0. The fraction of sp³-hybridized carbons (Fsp3) is 0.769. The van der Waals surface area contributed by atoms with Gasteiger partial charge in [0.05, 0.1) is 15.8 Å². The molecule has 0 N–H and O–H groups in total. The number of halogens is 1. The van der Waals surface area contributed by atoms with Crippen LogP contribution in [0.15, 0.2) is 12.4 Å². The van der Waals surface area contributed by atoms with Gasteiger partial charge in [0.25, 0.3) is 0 Å². The largest absolute Gasteiger partial charge is 0.414 e. The molecule has 1 aromatic rings. The molecule has 0 spiro atoms. The lowest BCUT2D eigenvalue weighted by molar-refractivity contribution is 0.0527. The molecule has 1 heterocycles. The summed E-state index contributed by atoms with van der Waals surface area (Å²) in [6, 6.07) is 0.545. The predicted octanol–water partition coefficient (Wildman–Crippen LogP) is 4.21. The van der Waals surface area contributed by atoms with Crippen molar-refractivity contribution in [2.45, 2.75) is 63.9 Å². The molecule has 0 aliphatic heterocycles. The van der Waals surface area contributed by atoms with Crippen molar-refractivity contribution in [3.8, 4) is 0 Å². The first-order chi connectivity index (χ1) is 8.19. The number of aromatic nitrogens is 2. The Hall–Kier alpha value is 0.117. The zero-order valence-electron chi connectivity index (χ0n) is 11.9. The summed E-state index contributed by atoms with van der Waals surface area (Å²) >= 11 is 2.30. The molecule has 1 fully saturated rings. The first kappa shape index (κ1) is 14.5. The van der Waals surface area contributed by atoms with Crippen LogP contribution in [0.2, 0.25) is 18.1 Å². The van der Waals surface area contributed by atoms with Crippen LogP contribution in [0.1, 0.15) is 39.7 Å². The monoisotopic (exact) mass is 378 g/mol. The first-order valence-electron chi connectivity index (χ1n) is 6.56. The van der Waals surface area contributed by atoms with Crippen molar-refractivity contribution in [2.75, 3.05) is 0 Å². The Morgan fingerprint density at radius 2 is 2.00 bits per heavy atom. The van der Waals surface area contributed by atoms with Crippen LogP contribution in [-0.2, 0) is 4.43 Å². The van der Waals surface area contributed by atoms with Crippen LogP contribution in [-0.4, -0.2) is 24.2 Å². The van der Waals surface area contributed by atoms with Crippen LogP contribution >= 0.6 is 22.6 Å². The second kappa shape index (κ2) is 4.90. The van der Waals surface area contributed by atoms with Gasteiger partial charge in [-0.05, 0) is 53.6 Å². The molecule has 1 saturated carbocycles. The third-order valence-corrected chi connectivity index (χ3v) is 9.37. The van der Waals surface area contributed by atoms with E-state index in [1.807, 2.05) is 6.20 Å². The fourth-order valence-corrected chi connectivity index (χ4v) is 3.75. The van der Waals surface area contributed by atoms with Gasteiger partial charge in [0.15, 0.2) is 8.32 Å². The molecular formula is C13H23IN2OSi. The molecule has 1 aliphatic carbocycles. The van der Waals surface area contributed by atoms with Crippen molar-refractivity contribution < 1.29 is 4.43 Å². The van der Waals surface area contributed by atoms with E-state index in [1.165, 1.54) is 3.57 Å². The Bertz CT molecular complexity index is 419. The SMILES string of the molecule is CC(C)(C)[Si](C)(C)OC1CC(n2cc(I)cn2)C1. The first-order valence-corrected chi connectivity index (χ1v) is 10.6. The van der Waals surface area contributed by atoms with E-state index in [0.717, 1.165) is 12.8 Å². The normalized spacial score (nSPS) is 25.0. The highest BCUT2D eigenvalue weighted by atomic mass is 127. The van der Waals surface area contributed by atoms with Crippen LogP contribution in [0, 0.1) is 3.57 Å². The summed E-state index contributed by atoms with van der Waals surface area (Å²) in [6.45, 7) is 11.6. The van der Waals surface area contributed by atoms with E-state index in [0.29, 0.717) is 17.2 Å². The molecule has 1 aromatic heterocycles. The van der Waals surface area contributed by atoms with Gasteiger partial charge in [0.1, 0.15) is 0 Å². The highest BCUT2D eigenvalue weighted by Gasteiger charge is 2.42. The van der Waals surface area contributed by atoms with Gasteiger partial charge in [-0.3, -0.25) is 4.68 Å². The lowest BCUT2D eigenvalue weighted by Gasteiger charge is -2.44. The van der Waals surface area contributed by atoms with E-state index in [4.69, 9.17) is 4.43 Å². The average molecular weight is 378 g/mol. The molecule has 102 valence electrons. The summed E-state index contributed by atoms with van der Waals surface area (Å²) in [5.41, 5.74) is 0. The van der Waals surface area contributed by atoms with Gasteiger partial charge < -0.3 is 4.43 Å². The predicted molar refractivity (Wildman–Crippen MR) is 85.3 cm³/mol. The van der Waals surface area contributed by atoms with Crippen molar-refractivity contribution in [2.24, 2.45) is 0 Å². The average Bonchev–Trinajstić information content (AvgIpc) is 2.55. The van der Waals surface area contributed by atoms with Crippen LogP contribution in [0.3, 0.4) is 0 Å². The Morgan fingerprint density at radius 1 is 1.39 bits per heavy atom. The van der Waals surface area contributed by atoms with Crippen LogP contribution in [0.25, 0.3) is 0 Å². The quantitative estimate of drug-likeness (QED) is 0.582. The number of hydrogen-bond acceptors (Lipinski definition) is 2. The highest BCUT2D eigenvalue weighted by Crippen LogP contribution is 2.42.